The molecule has 0 atom stereocenters. The van der Waals surface area contributed by atoms with Gasteiger partial charge in [-0.25, -0.2) is 9.97 Å². The van der Waals surface area contributed by atoms with Gasteiger partial charge in [0.05, 0.1) is 33.8 Å². The molecule has 9 rings (SSSR count). The normalized spacial score (nSPS) is 11.2. The van der Waals surface area contributed by atoms with Gasteiger partial charge in [-0.3, -0.25) is 9.97 Å². The molecule has 4 nitrogen and oxygen atoms in total. The summed E-state index contributed by atoms with van der Waals surface area (Å²) in [4.78, 5) is 19.8. The van der Waals surface area contributed by atoms with Gasteiger partial charge in [0, 0.05) is 45.4 Å². The molecule has 0 aliphatic rings. The Morgan fingerprint density at radius 2 is 0.640 bits per heavy atom. The van der Waals surface area contributed by atoms with Crippen molar-refractivity contribution in [2.75, 3.05) is 0 Å². The standard InChI is InChI=1S/C46H30N4/c1-3-11-33(12-4-1)43-29-39(31-17-21-35(22-18-31)41-15-7-9-27-47-41)37-25-26-38-40(32-19-23-36(24-20-32)42-16-8-10-28-48-42)30-44(34-13-5-2-6-14-34)50-46(38)45(37)49-43/h1-30H. The maximum Gasteiger partial charge on any atom is 0.0978 e. The van der Waals surface area contributed by atoms with E-state index in [1.54, 1.807) is 0 Å². The van der Waals surface area contributed by atoms with E-state index in [0.717, 1.165) is 89.1 Å². The summed E-state index contributed by atoms with van der Waals surface area (Å²) < 4.78 is 0. The van der Waals surface area contributed by atoms with E-state index in [1.807, 2.05) is 60.9 Å². The third-order valence-electron chi connectivity index (χ3n) is 9.21. The van der Waals surface area contributed by atoms with Crippen molar-refractivity contribution in [1.82, 2.24) is 19.9 Å². The molecule has 0 N–H and O–H groups in total. The average Bonchev–Trinajstić information content (AvgIpc) is 3.21. The van der Waals surface area contributed by atoms with Crippen molar-refractivity contribution in [3.05, 3.63) is 182 Å². The molecule has 0 spiro atoms. The first kappa shape index (κ1) is 29.4. The minimum absolute atomic E-state index is 0.872. The molecular formula is C46H30N4. The van der Waals surface area contributed by atoms with Gasteiger partial charge in [0.2, 0.25) is 0 Å². The molecule has 0 aliphatic heterocycles. The summed E-state index contributed by atoms with van der Waals surface area (Å²) in [5.41, 5.74) is 14.2. The van der Waals surface area contributed by atoms with Crippen LogP contribution in [0.25, 0.3) is 89.1 Å². The predicted molar refractivity (Wildman–Crippen MR) is 205 cm³/mol. The van der Waals surface area contributed by atoms with Gasteiger partial charge in [0.1, 0.15) is 0 Å². The van der Waals surface area contributed by atoms with Crippen LogP contribution in [0.5, 0.6) is 0 Å². The van der Waals surface area contributed by atoms with E-state index >= 15 is 0 Å². The summed E-state index contributed by atoms with van der Waals surface area (Å²) in [6.07, 6.45) is 3.66. The van der Waals surface area contributed by atoms with Gasteiger partial charge < -0.3 is 0 Å². The first-order chi connectivity index (χ1) is 24.8. The third kappa shape index (κ3) is 5.49. The molecule has 0 aliphatic carbocycles. The fraction of sp³-hybridized carbons (Fsp3) is 0. The van der Waals surface area contributed by atoms with Gasteiger partial charge in [-0.05, 0) is 58.7 Å². The monoisotopic (exact) mass is 638 g/mol. The van der Waals surface area contributed by atoms with E-state index in [2.05, 4.69) is 131 Å². The smallest absolute Gasteiger partial charge is 0.0978 e. The van der Waals surface area contributed by atoms with Crippen molar-refractivity contribution >= 4 is 21.8 Å². The molecule has 5 aromatic carbocycles. The zero-order valence-corrected chi connectivity index (χ0v) is 27.1. The summed E-state index contributed by atoms with van der Waals surface area (Å²) in [5, 5.41) is 2.11. The van der Waals surface area contributed by atoms with Crippen molar-refractivity contribution in [1.29, 1.82) is 0 Å². The van der Waals surface area contributed by atoms with Crippen LogP contribution < -0.4 is 0 Å². The molecule has 0 radical (unpaired) electrons. The van der Waals surface area contributed by atoms with Crippen molar-refractivity contribution in [2.24, 2.45) is 0 Å². The highest BCUT2D eigenvalue weighted by molar-refractivity contribution is 6.13. The van der Waals surface area contributed by atoms with Gasteiger partial charge in [-0.2, -0.15) is 0 Å². The summed E-state index contributed by atoms with van der Waals surface area (Å²) in [7, 11) is 0. The van der Waals surface area contributed by atoms with Crippen LogP contribution in [0.2, 0.25) is 0 Å². The molecule has 9 aromatic rings. The molecule has 0 bridgehead atoms. The lowest BCUT2D eigenvalue weighted by atomic mass is 9.93. The fourth-order valence-electron chi connectivity index (χ4n) is 6.67. The van der Waals surface area contributed by atoms with Crippen LogP contribution in [-0.2, 0) is 0 Å². The van der Waals surface area contributed by atoms with E-state index in [1.165, 1.54) is 0 Å². The maximum absolute atomic E-state index is 5.37. The first-order valence-corrected chi connectivity index (χ1v) is 16.7. The van der Waals surface area contributed by atoms with Crippen molar-refractivity contribution in [3.63, 3.8) is 0 Å². The third-order valence-corrected chi connectivity index (χ3v) is 9.21. The van der Waals surface area contributed by atoms with Crippen molar-refractivity contribution in [2.45, 2.75) is 0 Å². The van der Waals surface area contributed by atoms with Crippen LogP contribution in [-0.4, -0.2) is 19.9 Å². The Labute approximate surface area is 290 Å². The first-order valence-electron chi connectivity index (χ1n) is 16.7. The van der Waals surface area contributed by atoms with Crippen LogP contribution in [0.1, 0.15) is 0 Å². The number of aromatic nitrogens is 4. The Balaban J connectivity index is 1.29. The minimum Gasteiger partial charge on any atom is -0.256 e. The minimum atomic E-state index is 0.872. The number of fused-ring (bicyclic) bond motifs is 3. The molecule has 234 valence electrons. The number of pyridine rings is 4. The lowest BCUT2D eigenvalue weighted by Crippen LogP contribution is -1.96. The lowest BCUT2D eigenvalue weighted by Gasteiger charge is -2.16. The molecule has 0 unspecified atom stereocenters. The highest BCUT2D eigenvalue weighted by Gasteiger charge is 2.17. The quantitative estimate of drug-likeness (QED) is 0.170. The van der Waals surface area contributed by atoms with E-state index < -0.39 is 0 Å². The van der Waals surface area contributed by atoms with E-state index in [0.29, 0.717) is 0 Å². The number of hydrogen-bond donors (Lipinski definition) is 0. The van der Waals surface area contributed by atoms with Gasteiger partial charge in [-0.1, -0.05) is 133 Å². The Kier molecular flexibility index (Phi) is 7.45. The highest BCUT2D eigenvalue weighted by Crippen LogP contribution is 2.40. The molecular weight excluding hydrogens is 609 g/mol. The molecule has 0 fully saturated rings. The topological polar surface area (TPSA) is 51.6 Å². The van der Waals surface area contributed by atoms with Gasteiger partial charge in [-0.15, -0.1) is 0 Å². The van der Waals surface area contributed by atoms with E-state index in [-0.39, 0.29) is 0 Å². The van der Waals surface area contributed by atoms with E-state index in [4.69, 9.17) is 9.97 Å². The Bertz CT molecular complexity index is 2400. The predicted octanol–water partition coefficient (Wildman–Crippen LogP) is 11.6. The molecule has 50 heavy (non-hydrogen) atoms. The van der Waals surface area contributed by atoms with Gasteiger partial charge >= 0.3 is 0 Å². The second-order valence-electron chi connectivity index (χ2n) is 12.3. The Hall–Kier alpha value is -6.78. The van der Waals surface area contributed by atoms with Gasteiger partial charge in [0.25, 0.3) is 0 Å². The number of rotatable bonds is 6. The largest absolute Gasteiger partial charge is 0.256 e. The zero-order chi connectivity index (χ0) is 33.3. The summed E-state index contributed by atoms with van der Waals surface area (Å²) >= 11 is 0. The van der Waals surface area contributed by atoms with Crippen LogP contribution >= 0.6 is 0 Å². The second kappa shape index (κ2) is 12.7. The molecule has 4 heteroatoms. The molecule has 0 amide bonds. The molecule has 4 heterocycles. The number of hydrogen-bond acceptors (Lipinski definition) is 4. The van der Waals surface area contributed by atoms with Crippen LogP contribution in [0.4, 0.5) is 0 Å². The zero-order valence-electron chi connectivity index (χ0n) is 27.1. The fourth-order valence-corrected chi connectivity index (χ4v) is 6.67. The maximum atomic E-state index is 5.37. The Morgan fingerprint density at radius 3 is 1.02 bits per heavy atom. The summed E-state index contributed by atoms with van der Waals surface area (Å²) in [5.74, 6) is 0. The number of benzene rings is 5. The molecule has 0 saturated heterocycles. The molecule has 4 aromatic heterocycles. The van der Waals surface area contributed by atoms with Crippen LogP contribution in [0.15, 0.2) is 182 Å². The van der Waals surface area contributed by atoms with E-state index in [9.17, 15) is 0 Å². The highest BCUT2D eigenvalue weighted by atomic mass is 14.8. The SMILES string of the molecule is c1ccc(-c2cc(-c3ccc(-c4ccccn4)cc3)c3ccc4c(-c5ccc(-c6ccccn6)cc5)cc(-c5ccccc5)nc4c3n2)cc1. The van der Waals surface area contributed by atoms with Crippen molar-refractivity contribution in [3.8, 4) is 67.3 Å². The van der Waals surface area contributed by atoms with Gasteiger partial charge in [0.15, 0.2) is 0 Å². The Morgan fingerprint density at radius 1 is 0.280 bits per heavy atom. The number of nitrogens with zero attached hydrogens (tertiary/aromatic N) is 4. The lowest BCUT2D eigenvalue weighted by molar-refractivity contribution is 1.33. The van der Waals surface area contributed by atoms with Crippen molar-refractivity contribution < 1.29 is 0 Å². The summed E-state index contributed by atoms with van der Waals surface area (Å²) in [6.45, 7) is 0. The van der Waals surface area contributed by atoms with Crippen LogP contribution in [0.3, 0.4) is 0 Å². The second-order valence-corrected chi connectivity index (χ2v) is 12.3. The van der Waals surface area contributed by atoms with Crippen LogP contribution in [0, 0.1) is 0 Å². The molecule has 0 saturated carbocycles. The summed E-state index contributed by atoms with van der Waals surface area (Å²) in [6, 6.07) is 58.9. The average molecular weight is 639 g/mol.